The molecular formula is C17H24N2O2. The molecule has 3 aliphatic rings. The van der Waals surface area contributed by atoms with Crippen molar-refractivity contribution in [3.8, 4) is 11.5 Å². The zero-order valence-corrected chi connectivity index (χ0v) is 12.9. The Morgan fingerprint density at radius 2 is 2.10 bits per heavy atom. The first-order chi connectivity index (χ1) is 10.2. The summed E-state index contributed by atoms with van der Waals surface area (Å²) in [6.45, 7) is 7.15. The number of benzene rings is 1. The van der Waals surface area contributed by atoms with Gasteiger partial charge in [0.25, 0.3) is 0 Å². The van der Waals surface area contributed by atoms with E-state index in [1.165, 1.54) is 18.5 Å². The molecule has 1 saturated heterocycles. The Morgan fingerprint density at radius 1 is 1.29 bits per heavy atom. The number of nitrogens with one attached hydrogen (secondary N) is 1. The van der Waals surface area contributed by atoms with Gasteiger partial charge < -0.3 is 19.7 Å². The number of rotatable bonds is 3. The summed E-state index contributed by atoms with van der Waals surface area (Å²) in [4.78, 5) is 2.57. The first-order valence-electron chi connectivity index (χ1n) is 8.11. The van der Waals surface area contributed by atoms with Gasteiger partial charge in [-0.1, -0.05) is 6.92 Å². The minimum absolute atomic E-state index is 0.252. The summed E-state index contributed by atoms with van der Waals surface area (Å²) in [5, 5.41) is 3.81. The molecule has 1 aromatic carbocycles. The maximum atomic E-state index is 5.55. The Bertz CT molecular complexity index is 544. The van der Waals surface area contributed by atoms with Gasteiger partial charge in [-0.15, -0.1) is 0 Å². The number of ether oxygens (including phenoxy) is 2. The van der Waals surface area contributed by atoms with E-state index < -0.39 is 0 Å². The van der Waals surface area contributed by atoms with E-state index in [-0.39, 0.29) is 5.54 Å². The Morgan fingerprint density at radius 3 is 2.86 bits per heavy atom. The lowest BCUT2D eigenvalue weighted by molar-refractivity contribution is 0.174. The van der Waals surface area contributed by atoms with Crippen LogP contribution in [0.1, 0.15) is 33.1 Å². The van der Waals surface area contributed by atoms with Crippen LogP contribution in [0.25, 0.3) is 0 Å². The molecule has 4 heteroatoms. The number of fused-ring (bicyclic) bond motifs is 1. The average molecular weight is 288 g/mol. The van der Waals surface area contributed by atoms with Gasteiger partial charge in [-0.2, -0.15) is 0 Å². The molecule has 1 aliphatic carbocycles. The van der Waals surface area contributed by atoms with E-state index in [1.54, 1.807) is 0 Å². The predicted molar refractivity (Wildman–Crippen MR) is 83.1 cm³/mol. The van der Waals surface area contributed by atoms with Crippen LogP contribution < -0.4 is 19.7 Å². The lowest BCUT2D eigenvalue weighted by Gasteiger charge is -2.47. The summed E-state index contributed by atoms with van der Waals surface area (Å²) >= 11 is 0. The van der Waals surface area contributed by atoms with Crippen LogP contribution in [0.15, 0.2) is 18.2 Å². The van der Waals surface area contributed by atoms with Crippen LogP contribution in [0.3, 0.4) is 0 Å². The SMILES string of the molecule is CCC1CNC(C)(C2CC2)CN1c1ccc2c(c1)OCO2. The smallest absolute Gasteiger partial charge is 0.231 e. The Hall–Kier alpha value is -1.42. The Labute approximate surface area is 126 Å². The second kappa shape index (κ2) is 4.80. The molecule has 0 amide bonds. The fourth-order valence-electron chi connectivity index (χ4n) is 3.72. The van der Waals surface area contributed by atoms with E-state index >= 15 is 0 Å². The minimum atomic E-state index is 0.252. The van der Waals surface area contributed by atoms with Crippen molar-refractivity contribution in [1.29, 1.82) is 0 Å². The molecule has 114 valence electrons. The van der Waals surface area contributed by atoms with Crippen LogP contribution in [0.4, 0.5) is 5.69 Å². The third-order valence-electron chi connectivity index (χ3n) is 5.32. The summed E-state index contributed by atoms with van der Waals surface area (Å²) in [6.07, 6.45) is 3.90. The van der Waals surface area contributed by atoms with Crippen LogP contribution in [0, 0.1) is 5.92 Å². The van der Waals surface area contributed by atoms with Crippen molar-refractivity contribution in [2.24, 2.45) is 5.92 Å². The first kappa shape index (κ1) is 13.3. The summed E-state index contributed by atoms with van der Waals surface area (Å²) < 4.78 is 11.0. The van der Waals surface area contributed by atoms with Gasteiger partial charge >= 0.3 is 0 Å². The zero-order valence-electron chi connectivity index (χ0n) is 12.9. The van der Waals surface area contributed by atoms with Crippen LogP contribution in [-0.4, -0.2) is 31.5 Å². The second-order valence-electron chi connectivity index (χ2n) is 6.80. The predicted octanol–water partition coefficient (Wildman–Crippen LogP) is 2.77. The van der Waals surface area contributed by atoms with Crippen molar-refractivity contribution in [2.75, 3.05) is 24.8 Å². The second-order valence-corrected chi connectivity index (χ2v) is 6.80. The molecule has 2 aliphatic heterocycles. The van der Waals surface area contributed by atoms with E-state index in [0.717, 1.165) is 36.9 Å². The van der Waals surface area contributed by atoms with Gasteiger partial charge in [0.05, 0.1) is 0 Å². The van der Waals surface area contributed by atoms with E-state index in [1.807, 2.05) is 6.07 Å². The van der Waals surface area contributed by atoms with Crippen molar-refractivity contribution >= 4 is 5.69 Å². The lowest BCUT2D eigenvalue weighted by atomic mass is 9.90. The fraction of sp³-hybridized carbons (Fsp3) is 0.647. The highest BCUT2D eigenvalue weighted by molar-refractivity contribution is 5.58. The van der Waals surface area contributed by atoms with Gasteiger partial charge in [-0.25, -0.2) is 0 Å². The summed E-state index contributed by atoms with van der Waals surface area (Å²) in [7, 11) is 0. The van der Waals surface area contributed by atoms with Gasteiger partial charge in [-0.3, -0.25) is 0 Å². The monoisotopic (exact) mass is 288 g/mol. The molecular weight excluding hydrogens is 264 g/mol. The van der Waals surface area contributed by atoms with Crippen LogP contribution in [-0.2, 0) is 0 Å². The van der Waals surface area contributed by atoms with Crippen molar-refractivity contribution in [2.45, 2.75) is 44.7 Å². The standard InChI is InChI=1S/C17H24N2O2/c1-3-13-9-18-17(2,12-4-5-12)10-19(13)14-6-7-15-16(8-14)21-11-20-15/h6-8,12-13,18H,3-5,9-11H2,1-2H3. The Kier molecular flexibility index (Phi) is 3.03. The molecule has 0 radical (unpaired) electrons. The van der Waals surface area contributed by atoms with Gasteiger partial charge in [0, 0.05) is 36.4 Å². The highest BCUT2D eigenvalue weighted by atomic mass is 16.7. The van der Waals surface area contributed by atoms with Crippen LogP contribution >= 0.6 is 0 Å². The molecule has 21 heavy (non-hydrogen) atoms. The van der Waals surface area contributed by atoms with E-state index in [9.17, 15) is 0 Å². The molecule has 2 unspecified atom stereocenters. The van der Waals surface area contributed by atoms with Gasteiger partial charge in [-0.05, 0) is 44.2 Å². The molecule has 4 rings (SSSR count). The largest absolute Gasteiger partial charge is 0.454 e. The highest BCUT2D eigenvalue weighted by Gasteiger charge is 2.45. The third-order valence-corrected chi connectivity index (χ3v) is 5.32. The van der Waals surface area contributed by atoms with E-state index in [0.29, 0.717) is 12.8 Å². The van der Waals surface area contributed by atoms with E-state index in [4.69, 9.17) is 9.47 Å². The maximum Gasteiger partial charge on any atom is 0.231 e. The van der Waals surface area contributed by atoms with Crippen molar-refractivity contribution in [3.05, 3.63) is 18.2 Å². The number of hydrogen-bond donors (Lipinski definition) is 1. The number of hydrogen-bond acceptors (Lipinski definition) is 4. The first-order valence-corrected chi connectivity index (χ1v) is 8.11. The maximum absolute atomic E-state index is 5.55. The van der Waals surface area contributed by atoms with Crippen molar-refractivity contribution in [3.63, 3.8) is 0 Å². The molecule has 2 fully saturated rings. The molecule has 0 aromatic heterocycles. The normalized spacial score (nSPS) is 31.5. The van der Waals surface area contributed by atoms with Crippen molar-refractivity contribution < 1.29 is 9.47 Å². The quantitative estimate of drug-likeness (QED) is 0.927. The van der Waals surface area contributed by atoms with Crippen LogP contribution in [0.5, 0.6) is 11.5 Å². The van der Waals surface area contributed by atoms with E-state index in [2.05, 4.69) is 36.2 Å². The number of anilines is 1. The molecule has 0 spiro atoms. The highest BCUT2D eigenvalue weighted by Crippen LogP contribution is 2.43. The van der Waals surface area contributed by atoms with Gasteiger partial charge in [0.1, 0.15) is 0 Å². The third kappa shape index (κ3) is 2.26. The van der Waals surface area contributed by atoms with Gasteiger partial charge in [0.2, 0.25) is 6.79 Å². The fourth-order valence-corrected chi connectivity index (χ4v) is 3.72. The summed E-state index contributed by atoms with van der Waals surface area (Å²) in [6, 6.07) is 6.91. The zero-order chi connectivity index (χ0) is 14.4. The lowest BCUT2D eigenvalue weighted by Crippen LogP contribution is -2.64. The molecule has 2 heterocycles. The molecule has 1 N–H and O–H groups in total. The molecule has 4 nitrogen and oxygen atoms in total. The average Bonchev–Trinajstić information content (AvgIpc) is 3.26. The molecule has 2 atom stereocenters. The number of piperazine rings is 1. The Balaban J connectivity index is 1.63. The summed E-state index contributed by atoms with van der Waals surface area (Å²) in [5.74, 6) is 2.59. The molecule has 1 saturated carbocycles. The topological polar surface area (TPSA) is 33.7 Å². The molecule has 1 aromatic rings. The van der Waals surface area contributed by atoms with Gasteiger partial charge in [0.15, 0.2) is 11.5 Å². The van der Waals surface area contributed by atoms with Crippen molar-refractivity contribution in [1.82, 2.24) is 5.32 Å². The molecule has 0 bridgehead atoms. The number of nitrogens with zero attached hydrogens (tertiary/aromatic N) is 1. The van der Waals surface area contributed by atoms with Crippen LogP contribution in [0.2, 0.25) is 0 Å². The summed E-state index contributed by atoms with van der Waals surface area (Å²) in [5.41, 5.74) is 1.52. The minimum Gasteiger partial charge on any atom is -0.454 e.